The first-order valence-electron chi connectivity index (χ1n) is 6.11. The minimum Gasteiger partial charge on any atom is -0.383 e. The summed E-state index contributed by atoms with van der Waals surface area (Å²) < 4.78 is 0. The Bertz CT molecular complexity index is 765. The van der Waals surface area contributed by atoms with Crippen molar-refractivity contribution in [3.05, 3.63) is 47.8 Å². The monoisotopic (exact) mass is 250 g/mol. The number of hydrogen-bond donors (Lipinski definition) is 1. The number of pyridine rings is 1. The summed E-state index contributed by atoms with van der Waals surface area (Å²) in [5.74, 6) is 1.15. The predicted molar refractivity (Wildman–Crippen MR) is 76.7 cm³/mol. The number of hydrogen-bond acceptors (Lipinski definition) is 4. The number of fused-ring (bicyclic) bond motifs is 1. The molecule has 3 aromatic rings. The number of rotatable bonds is 1. The lowest BCUT2D eigenvalue weighted by atomic mass is 10.1. The molecule has 3 rings (SSSR count). The number of nitrogen functional groups attached to an aromatic ring is 1. The fourth-order valence-corrected chi connectivity index (χ4v) is 2.04. The highest BCUT2D eigenvalue weighted by molar-refractivity contribution is 5.92. The van der Waals surface area contributed by atoms with E-state index in [0.29, 0.717) is 11.6 Å². The molecule has 4 heteroatoms. The first-order chi connectivity index (χ1) is 9.15. The van der Waals surface area contributed by atoms with Crippen molar-refractivity contribution >= 4 is 16.7 Å². The summed E-state index contributed by atoms with van der Waals surface area (Å²) in [6.07, 6.45) is 1.75. The van der Waals surface area contributed by atoms with Crippen molar-refractivity contribution in [2.75, 3.05) is 5.73 Å². The molecule has 0 saturated carbocycles. The largest absolute Gasteiger partial charge is 0.383 e. The van der Waals surface area contributed by atoms with Crippen molar-refractivity contribution in [3.63, 3.8) is 0 Å². The molecular weight excluding hydrogens is 236 g/mol. The normalized spacial score (nSPS) is 10.8. The Labute approximate surface area is 111 Å². The predicted octanol–water partition coefficient (Wildman–Crippen LogP) is 2.89. The van der Waals surface area contributed by atoms with Crippen LogP contribution in [0.3, 0.4) is 0 Å². The fraction of sp³-hybridized carbons (Fsp3) is 0.133. The van der Waals surface area contributed by atoms with Crippen LogP contribution in [0.2, 0.25) is 0 Å². The zero-order chi connectivity index (χ0) is 13.4. The van der Waals surface area contributed by atoms with E-state index in [-0.39, 0.29) is 0 Å². The molecule has 1 aromatic carbocycles. The van der Waals surface area contributed by atoms with Crippen LogP contribution in [-0.2, 0) is 0 Å². The van der Waals surface area contributed by atoms with Gasteiger partial charge in [0, 0.05) is 28.4 Å². The van der Waals surface area contributed by atoms with Crippen LogP contribution in [0.5, 0.6) is 0 Å². The Morgan fingerprint density at radius 1 is 1.00 bits per heavy atom. The summed E-state index contributed by atoms with van der Waals surface area (Å²) in [6.45, 7) is 3.87. The van der Waals surface area contributed by atoms with Gasteiger partial charge in [-0.2, -0.15) is 0 Å². The minimum absolute atomic E-state index is 0.516. The van der Waals surface area contributed by atoms with Gasteiger partial charge in [-0.15, -0.1) is 0 Å². The molecule has 0 radical (unpaired) electrons. The second-order valence-corrected chi connectivity index (χ2v) is 4.59. The summed E-state index contributed by atoms with van der Waals surface area (Å²) in [5.41, 5.74) is 9.64. The molecule has 94 valence electrons. The molecule has 0 atom stereocenters. The summed E-state index contributed by atoms with van der Waals surface area (Å²) in [4.78, 5) is 13.2. The van der Waals surface area contributed by atoms with Crippen LogP contribution in [0.25, 0.3) is 22.3 Å². The van der Waals surface area contributed by atoms with Crippen molar-refractivity contribution < 1.29 is 0 Å². The van der Waals surface area contributed by atoms with Crippen LogP contribution in [0, 0.1) is 13.8 Å². The van der Waals surface area contributed by atoms with Gasteiger partial charge in [-0.25, -0.2) is 9.97 Å². The number of aryl methyl sites for hydroxylation is 2. The third-order valence-corrected chi connectivity index (χ3v) is 3.12. The third-order valence-electron chi connectivity index (χ3n) is 3.12. The van der Waals surface area contributed by atoms with Gasteiger partial charge in [0.05, 0.1) is 5.52 Å². The van der Waals surface area contributed by atoms with Crippen LogP contribution in [0.15, 0.2) is 36.5 Å². The van der Waals surface area contributed by atoms with E-state index in [4.69, 9.17) is 5.73 Å². The lowest BCUT2D eigenvalue weighted by Crippen LogP contribution is -1.99. The summed E-state index contributed by atoms with van der Waals surface area (Å²) in [7, 11) is 0. The number of nitrogens with zero attached hydrogens (tertiary/aromatic N) is 3. The summed E-state index contributed by atoms with van der Waals surface area (Å²) in [6, 6.07) is 9.98. The van der Waals surface area contributed by atoms with Gasteiger partial charge in [-0.05, 0) is 26.0 Å². The fourth-order valence-electron chi connectivity index (χ4n) is 2.04. The molecule has 2 N–H and O–H groups in total. The van der Waals surface area contributed by atoms with Crippen LogP contribution < -0.4 is 5.73 Å². The highest BCUT2D eigenvalue weighted by Gasteiger charge is 2.08. The molecule has 19 heavy (non-hydrogen) atoms. The van der Waals surface area contributed by atoms with Crippen LogP contribution >= 0.6 is 0 Å². The zero-order valence-electron chi connectivity index (χ0n) is 10.9. The van der Waals surface area contributed by atoms with Gasteiger partial charge in [0.1, 0.15) is 5.82 Å². The van der Waals surface area contributed by atoms with Gasteiger partial charge in [0.2, 0.25) is 0 Å². The number of anilines is 1. The van der Waals surface area contributed by atoms with Gasteiger partial charge in [0.15, 0.2) is 5.82 Å². The van der Waals surface area contributed by atoms with E-state index in [1.165, 1.54) is 0 Å². The molecule has 2 heterocycles. The zero-order valence-corrected chi connectivity index (χ0v) is 10.9. The average Bonchev–Trinajstić information content (AvgIpc) is 2.41. The molecule has 4 nitrogen and oxygen atoms in total. The maximum Gasteiger partial charge on any atom is 0.162 e. The maximum atomic E-state index is 5.86. The van der Waals surface area contributed by atoms with E-state index >= 15 is 0 Å². The van der Waals surface area contributed by atoms with E-state index in [1.807, 2.05) is 44.2 Å². The molecule has 0 aliphatic carbocycles. The number of nitrogens with two attached hydrogens (primary N) is 1. The maximum absolute atomic E-state index is 5.86. The van der Waals surface area contributed by atoms with E-state index in [1.54, 1.807) is 6.20 Å². The van der Waals surface area contributed by atoms with Crippen molar-refractivity contribution in [1.29, 1.82) is 0 Å². The van der Waals surface area contributed by atoms with E-state index in [9.17, 15) is 0 Å². The lowest BCUT2D eigenvalue weighted by molar-refractivity contribution is 1.15. The van der Waals surface area contributed by atoms with Crippen molar-refractivity contribution in [2.24, 2.45) is 0 Å². The highest BCUT2D eigenvalue weighted by atomic mass is 14.9. The summed E-state index contributed by atoms with van der Waals surface area (Å²) in [5, 5.41) is 1.04. The SMILES string of the molecule is Cc1ccc2c(-c3ncc(C)c(N)n3)cccc2n1. The molecule has 0 unspecified atom stereocenters. The highest BCUT2D eigenvalue weighted by Crippen LogP contribution is 2.26. The van der Waals surface area contributed by atoms with E-state index in [2.05, 4.69) is 15.0 Å². The van der Waals surface area contributed by atoms with Crippen LogP contribution in [-0.4, -0.2) is 15.0 Å². The molecule has 0 bridgehead atoms. The second-order valence-electron chi connectivity index (χ2n) is 4.59. The van der Waals surface area contributed by atoms with Crippen molar-refractivity contribution in [1.82, 2.24) is 15.0 Å². The Morgan fingerprint density at radius 3 is 2.63 bits per heavy atom. The lowest BCUT2D eigenvalue weighted by Gasteiger charge is -2.07. The molecular formula is C15H14N4. The quantitative estimate of drug-likeness (QED) is 0.721. The number of aromatic nitrogens is 3. The second kappa shape index (κ2) is 4.31. The average molecular weight is 250 g/mol. The molecule has 0 aliphatic rings. The summed E-state index contributed by atoms with van der Waals surface area (Å²) >= 11 is 0. The Balaban J connectivity index is 2.27. The molecule has 0 amide bonds. The Kier molecular flexibility index (Phi) is 2.63. The smallest absolute Gasteiger partial charge is 0.162 e. The Hall–Kier alpha value is -2.49. The van der Waals surface area contributed by atoms with Gasteiger partial charge >= 0.3 is 0 Å². The molecule has 2 aromatic heterocycles. The number of benzene rings is 1. The van der Waals surface area contributed by atoms with Gasteiger partial charge < -0.3 is 5.73 Å². The van der Waals surface area contributed by atoms with Crippen LogP contribution in [0.1, 0.15) is 11.3 Å². The van der Waals surface area contributed by atoms with Crippen LogP contribution in [0.4, 0.5) is 5.82 Å². The Morgan fingerprint density at radius 2 is 1.84 bits per heavy atom. The molecule has 0 fully saturated rings. The topological polar surface area (TPSA) is 64.7 Å². The minimum atomic E-state index is 0.516. The van der Waals surface area contributed by atoms with Crippen molar-refractivity contribution in [2.45, 2.75) is 13.8 Å². The van der Waals surface area contributed by atoms with Gasteiger partial charge in [-0.1, -0.05) is 18.2 Å². The van der Waals surface area contributed by atoms with Gasteiger partial charge in [0.25, 0.3) is 0 Å². The van der Waals surface area contributed by atoms with Gasteiger partial charge in [-0.3, -0.25) is 4.98 Å². The molecule has 0 saturated heterocycles. The first-order valence-corrected chi connectivity index (χ1v) is 6.11. The van der Waals surface area contributed by atoms with Crippen molar-refractivity contribution in [3.8, 4) is 11.4 Å². The standard InChI is InChI=1S/C15H14N4/c1-9-8-17-15(19-14(9)16)12-4-3-5-13-11(12)7-6-10(2)18-13/h3-8H,1-2H3,(H2,16,17,19). The molecule has 0 spiro atoms. The first kappa shape index (κ1) is 11.6. The third kappa shape index (κ3) is 2.01. The van der Waals surface area contributed by atoms with E-state index in [0.717, 1.165) is 27.7 Å². The van der Waals surface area contributed by atoms with E-state index < -0.39 is 0 Å². The molecule has 0 aliphatic heterocycles.